The largest absolute Gasteiger partial charge is 0.348 e. The van der Waals surface area contributed by atoms with E-state index in [0.717, 1.165) is 5.56 Å². The number of hydrogen-bond donors (Lipinski definition) is 2. The Labute approximate surface area is 120 Å². The second-order valence-electron chi connectivity index (χ2n) is 4.68. The van der Waals surface area contributed by atoms with Crippen LogP contribution in [0.2, 0.25) is 0 Å². The summed E-state index contributed by atoms with van der Waals surface area (Å²) in [5, 5.41) is 5.59. The summed E-state index contributed by atoms with van der Waals surface area (Å²) in [4.78, 5) is 11.7. The average molecular weight is 299 g/mol. The van der Waals surface area contributed by atoms with E-state index in [0.29, 0.717) is 0 Å². The van der Waals surface area contributed by atoms with Crippen molar-refractivity contribution in [2.45, 2.75) is 17.9 Å². The second-order valence-corrected chi connectivity index (χ2v) is 6.83. The van der Waals surface area contributed by atoms with Crippen LogP contribution in [0.5, 0.6) is 0 Å². The molecule has 0 radical (unpaired) electrons. The average Bonchev–Trinajstić information content (AvgIpc) is 2.38. The number of rotatable bonds is 6. The molecule has 20 heavy (non-hydrogen) atoms. The molecular weight excluding hydrogens is 278 g/mol. The highest BCUT2D eigenvalue weighted by Gasteiger charge is 2.17. The third-order valence-electron chi connectivity index (χ3n) is 2.87. The molecule has 0 heterocycles. The van der Waals surface area contributed by atoms with Crippen molar-refractivity contribution in [3.05, 3.63) is 29.8 Å². The third-order valence-corrected chi connectivity index (χ3v) is 4.70. The standard InChI is InChI=1S/C13H21N3O3S/c1-10(15-13(17)9-14-2)11-5-7-12(8-6-11)20(18,19)16(3)4/h5-8,10,14H,9H2,1-4H3,(H,15,17). The minimum Gasteiger partial charge on any atom is -0.348 e. The zero-order valence-electron chi connectivity index (χ0n) is 12.2. The van der Waals surface area contributed by atoms with Gasteiger partial charge in [-0.2, -0.15) is 0 Å². The topological polar surface area (TPSA) is 78.5 Å². The van der Waals surface area contributed by atoms with Gasteiger partial charge in [0.05, 0.1) is 17.5 Å². The van der Waals surface area contributed by atoms with E-state index in [1.54, 1.807) is 31.3 Å². The van der Waals surface area contributed by atoms with Gasteiger partial charge in [-0.25, -0.2) is 12.7 Å². The number of nitrogens with one attached hydrogen (secondary N) is 2. The predicted molar refractivity (Wildman–Crippen MR) is 77.8 cm³/mol. The van der Waals surface area contributed by atoms with Crippen molar-refractivity contribution in [2.75, 3.05) is 27.7 Å². The van der Waals surface area contributed by atoms with Crippen LogP contribution >= 0.6 is 0 Å². The summed E-state index contributed by atoms with van der Waals surface area (Å²) in [5.74, 6) is -0.106. The maximum Gasteiger partial charge on any atom is 0.242 e. The molecule has 1 unspecified atom stereocenters. The third kappa shape index (κ3) is 4.03. The number of carbonyl (C=O) groups excluding carboxylic acids is 1. The van der Waals surface area contributed by atoms with Crippen molar-refractivity contribution < 1.29 is 13.2 Å². The molecule has 0 saturated carbocycles. The summed E-state index contributed by atoms with van der Waals surface area (Å²) in [5.41, 5.74) is 0.854. The fraction of sp³-hybridized carbons (Fsp3) is 0.462. The van der Waals surface area contributed by atoms with Gasteiger partial charge in [0, 0.05) is 14.1 Å². The van der Waals surface area contributed by atoms with Crippen molar-refractivity contribution in [3.63, 3.8) is 0 Å². The summed E-state index contributed by atoms with van der Waals surface area (Å²) >= 11 is 0. The molecule has 0 spiro atoms. The molecule has 112 valence electrons. The number of amides is 1. The first-order chi connectivity index (χ1) is 9.28. The Morgan fingerprint density at radius 3 is 2.25 bits per heavy atom. The molecule has 2 N–H and O–H groups in total. The second kappa shape index (κ2) is 6.83. The molecule has 0 fully saturated rings. The number of benzene rings is 1. The van der Waals surface area contributed by atoms with E-state index in [-0.39, 0.29) is 23.4 Å². The van der Waals surface area contributed by atoms with E-state index in [1.165, 1.54) is 18.4 Å². The maximum atomic E-state index is 11.9. The smallest absolute Gasteiger partial charge is 0.242 e. The number of likely N-dealkylation sites (N-methyl/N-ethyl adjacent to an activating group) is 1. The molecule has 6 nitrogen and oxygen atoms in total. The Morgan fingerprint density at radius 2 is 1.80 bits per heavy atom. The highest BCUT2D eigenvalue weighted by Crippen LogP contribution is 2.17. The molecule has 7 heteroatoms. The Hall–Kier alpha value is -1.44. The summed E-state index contributed by atoms with van der Waals surface area (Å²) in [7, 11) is 1.26. The molecule has 1 aromatic carbocycles. The van der Waals surface area contributed by atoms with Crippen LogP contribution in [0.1, 0.15) is 18.5 Å². The van der Waals surface area contributed by atoms with Crippen LogP contribution in [0.25, 0.3) is 0 Å². The van der Waals surface area contributed by atoms with E-state index in [2.05, 4.69) is 10.6 Å². The van der Waals surface area contributed by atoms with Crippen LogP contribution in [0.3, 0.4) is 0 Å². The van der Waals surface area contributed by atoms with Gasteiger partial charge in [0.2, 0.25) is 15.9 Å². The Kier molecular flexibility index (Phi) is 5.67. The van der Waals surface area contributed by atoms with Gasteiger partial charge < -0.3 is 10.6 Å². The molecule has 0 aliphatic carbocycles. The summed E-state index contributed by atoms with van der Waals surface area (Å²) < 4.78 is 25.0. The fourth-order valence-electron chi connectivity index (χ4n) is 1.68. The lowest BCUT2D eigenvalue weighted by atomic mass is 10.1. The van der Waals surface area contributed by atoms with Gasteiger partial charge in [-0.1, -0.05) is 12.1 Å². The maximum absolute atomic E-state index is 11.9. The van der Waals surface area contributed by atoms with Gasteiger partial charge in [0.1, 0.15) is 0 Å². The number of nitrogens with zero attached hydrogens (tertiary/aromatic N) is 1. The van der Waals surface area contributed by atoms with Crippen LogP contribution in [-0.2, 0) is 14.8 Å². The number of hydrogen-bond acceptors (Lipinski definition) is 4. The van der Waals surface area contributed by atoms with Crippen LogP contribution in [-0.4, -0.2) is 46.3 Å². The lowest BCUT2D eigenvalue weighted by molar-refractivity contribution is -0.120. The van der Waals surface area contributed by atoms with Gasteiger partial charge in [-0.3, -0.25) is 4.79 Å². The Morgan fingerprint density at radius 1 is 1.25 bits per heavy atom. The van der Waals surface area contributed by atoms with Crippen molar-refractivity contribution in [1.29, 1.82) is 0 Å². The minimum absolute atomic E-state index is 0.106. The van der Waals surface area contributed by atoms with E-state index < -0.39 is 10.0 Å². The molecule has 0 aromatic heterocycles. The lowest BCUT2D eigenvalue weighted by Gasteiger charge is -2.16. The molecule has 0 saturated heterocycles. The van der Waals surface area contributed by atoms with Crippen molar-refractivity contribution in [2.24, 2.45) is 0 Å². The predicted octanol–water partition coefficient (Wildman–Crippen LogP) is 0.334. The molecule has 1 aromatic rings. The van der Waals surface area contributed by atoms with E-state index in [4.69, 9.17) is 0 Å². The quantitative estimate of drug-likeness (QED) is 0.793. The molecule has 0 aliphatic heterocycles. The molecule has 1 rings (SSSR count). The van der Waals surface area contributed by atoms with Gasteiger partial charge in [-0.15, -0.1) is 0 Å². The van der Waals surface area contributed by atoms with Gasteiger partial charge >= 0.3 is 0 Å². The van der Waals surface area contributed by atoms with Gasteiger partial charge in [-0.05, 0) is 31.7 Å². The number of sulfonamides is 1. The highest BCUT2D eigenvalue weighted by molar-refractivity contribution is 7.89. The van der Waals surface area contributed by atoms with E-state index in [1.807, 2.05) is 6.92 Å². The first kappa shape index (κ1) is 16.6. The highest BCUT2D eigenvalue weighted by atomic mass is 32.2. The fourth-order valence-corrected chi connectivity index (χ4v) is 2.58. The SMILES string of the molecule is CNCC(=O)NC(C)c1ccc(S(=O)(=O)N(C)C)cc1. The van der Waals surface area contributed by atoms with Crippen LogP contribution < -0.4 is 10.6 Å². The lowest BCUT2D eigenvalue weighted by Crippen LogP contribution is -2.33. The Balaban J connectivity index is 2.84. The monoisotopic (exact) mass is 299 g/mol. The van der Waals surface area contributed by atoms with Crippen molar-refractivity contribution in [3.8, 4) is 0 Å². The first-order valence-corrected chi connectivity index (χ1v) is 7.69. The number of carbonyl (C=O) groups is 1. The van der Waals surface area contributed by atoms with Gasteiger partial charge in [0.15, 0.2) is 0 Å². The van der Waals surface area contributed by atoms with E-state index >= 15 is 0 Å². The van der Waals surface area contributed by atoms with E-state index in [9.17, 15) is 13.2 Å². The van der Waals surface area contributed by atoms with Gasteiger partial charge in [0.25, 0.3) is 0 Å². The molecule has 0 bridgehead atoms. The van der Waals surface area contributed by atoms with Crippen LogP contribution in [0.4, 0.5) is 0 Å². The Bertz CT molecular complexity index is 553. The zero-order valence-corrected chi connectivity index (χ0v) is 13.0. The van der Waals surface area contributed by atoms with Crippen LogP contribution in [0.15, 0.2) is 29.2 Å². The molecule has 1 amide bonds. The van der Waals surface area contributed by atoms with Crippen molar-refractivity contribution in [1.82, 2.24) is 14.9 Å². The summed E-state index contributed by atoms with van der Waals surface area (Å²) in [6.45, 7) is 2.10. The first-order valence-electron chi connectivity index (χ1n) is 6.25. The molecular formula is C13H21N3O3S. The molecule has 1 atom stereocenters. The summed E-state index contributed by atoms with van der Waals surface area (Å²) in [6, 6.07) is 6.34. The minimum atomic E-state index is -3.42. The van der Waals surface area contributed by atoms with Crippen molar-refractivity contribution >= 4 is 15.9 Å². The normalized spacial score (nSPS) is 13.2. The molecule has 0 aliphatic rings. The summed E-state index contributed by atoms with van der Waals surface area (Å²) in [6.07, 6.45) is 0. The zero-order chi connectivity index (χ0) is 15.3. The van der Waals surface area contributed by atoms with Crippen LogP contribution in [0, 0.1) is 0 Å².